The van der Waals surface area contributed by atoms with Crippen LogP contribution in [0.15, 0.2) is 42.5 Å². The lowest BCUT2D eigenvalue weighted by Crippen LogP contribution is -2.20. The van der Waals surface area contributed by atoms with Crippen LogP contribution in [0.3, 0.4) is 0 Å². The van der Waals surface area contributed by atoms with Gasteiger partial charge in [0.05, 0.1) is 12.7 Å². The van der Waals surface area contributed by atoms with Gasteiger partial charge in [0.2, 0.25) is 0 Å². The molecule has 6 heteroatoms. The van der Waals surface area contributed by atoms with E-state index in [2.05, 4.69) is 10.6 Å². The highest BCUT2D eigenvalue weighted by atomic mass is 32.1. The molecule has 2 N–H and O–H groups in total. The van der Waals surface area contributed by atoms with Crippen molar-refractivity contribution in [1.82, 2.24) is 0 Å². The van der Waals surface area contributed by atoms with Crippen LogP contribution in [0.1, 0.15) is 15.9 Å². The van der Waals surface area contributed by atoms with Crippen molar-refractivity contribution in [3.05, 3.63) is 59.4 Å². The fourth-order valence-corrected chi connectivity index (χ4v) is 2.15. The van der Waals surface area contributed by atoms with Gasteiger partial charge in [-0.2, -0.15) is 0 Å². The first-order chi connectivity index (χ1) is 10.5. The zero-order valence-corrected chi connectivity index (χ0v) is 13.0. The average Bonchev–Trinajstić information content (AvgIpc) is 2.51. The maximum atomic E-state index is 12.9. The average molecular weight is 318 g/mol. The Morgan fingerprint density at radius 2 is 1.82 bits per heavy atom. The lowest BCUT2D eigenvalue weighted by Gasteiger charge is -2.14. The molecule has 0 heterocycles. The molecule has 0 aromatic heterocycles. The summed E-state index contributed by atoms with van der Waals surface area (Å²) in [5.41, 5.74) is 2.57. The second kappa shape index (κ2) is 7.00. The second-order valence-electron chi connectivity index (χ2n) is 4.56. The van der Waals surface area contributed by atoms with E-state index in [-0.39, 0.29) is 5.82 Å². The highest BCUT2D eigenvalue weighted by molar-refractivity contribution is 7.80. The van der Waals surface area contributed by atoms with Gasteiger partial charge in [-0.15, -0.1) is 0 Å². The summed E-state index contributed by atoms with van der Waals surface area (Å²) >= 11 is 5.22. The first-order valence-corrected chi connectivity index (χ1v) is 6.93. The van der Waals surface area contributed by atoms with Crippen LogP contribution in [0, 0.1) is 12.7 Å². The molecule has 0 fully saturated rings. The van der Waals surface area contributed by atoms with E-state index in [0.29, 0.717) is 22.1 Å². The first kappa shape index (κ1) is 15.9. The molecule has 0 unspecified atom stereocenters. The Kier molecular flexibility index (Phi) is 5.06. The number of methoxy groups -OCH3 is 1. The molecule has 0 amide bonds. The van der Waals surface area contributed by atoms with Crippen molar-refractivity contribution in [3.63, 3.8) is 0 Å². The third-order valence-corrected chi connectivity index (χ3v) is 3.29. The zero-order chi connectivity index (χ0) is 16.1. The van der Waals surface area contributed by atoms with Gasteiger partial charge in [0.15, 0.2) is 5.11 Å². The molecule has 0 spiro atoms. The molecular formula is C16H15FN2O2S. The summed E-state index contributed by atoms with van der Waals surface area (Å²) in [7, 11) is 1.34. The van der Waals surface area contributed by atoms with Crippen molar-refractivity contribution in [2.24, 2.45) is 0 Å². The predicted molar refractivity (Wildman–Crippen MR) is 88.8 cm³/mol. The Hall–Kier alpha value is -2.47. The summed E-state index contributed by atoms with van der Waals surface area (Å²) in [4.78, 5) is 11.7. The first-order valence-electron chi connectivity index (χ1n) is 6.52. The van der Waals surface area contributed by atoms with Gasteiger partial charge in [-0.05, 0) is 61.1 Å². The molecule has 0 aliphatic rings. The predicted octanol–water partition coefficient (Wildman–Crippen LogP) is 3.73. The van der Waals surface area contributed by atoms with Crippen LogP contribution in [-0.2, 0) is 4.74 Å². The van der Waals surface area contributed by atoms with E-state index in [1.165, 1.54) is 19.2 Å². The Morgan fingerprint density at radius 1 is 1.14 bits per heavy atom. The number of nitrogens with one attached hydrogen (secondary N) is 2. The summed E-state index contributed by atoms with van der Waals surface area (Å²) in [6, 6.07) is 11.1. The largest absolute Gasteiger partial charge is 0.465 e. The van der Waals surface area contributed by atoms with E-state index in [4.69, 9.17) is 17.0 Å². The number of hydrogen-bond acceptors (Lipinski definition) is 3. The number of esters is 1. The standard InChI is InChI=1S/C16H15FN2O2S/c1-10-13(15(20)21-2)4-3-5-14(10)19-16(22)18-12-8-6-11(17)7-9-12/h3-9H,1-2H3,(H2,18,19,22). The molecule has 0 saturated carbocycles. The van der Waals surface area contributed by atoms with Gasteiger partial charge < -0.3 is 15.4 Å². The molecule has 0 radical (unpaired) electrons. The van der Waals surface area contributed by atoms with Crippen molar-refractivity contribution in [3.8, 4) is 0 Å². The van der Waals surface area contributed by atoms with Crippen molar-refractivity contribution < 1.29 is 13.9 Å². The lowest BCUT2D eigenvalue weighted by molar-refractivity contribution is 0.0600. The van der Waals surface area contributed by atoms with Crippen molar-refractivity contribution in [2.45, 2.75) is 6.92 Å². The second-order valence-corrected chi connectivity index (χ2v) is 4.96. The number of hydrogen-bond donors (Lipinski definition) is 2. The van der Waals surface area contributed by atoms with Crippen LogP contribution in [0.4, 0.5) is 15.8 Å². The minimum Gasteiger partial charge on any atom is -0.465 e. The highest BCUT2D eigenvalue weighted by Gasteiger charge is 2.12. The third kappa shape index (κ3) is 3.79. The van der Waals surface area contributed by atoms with E-state index in [1.54, 1.807) is 37.3 Å². The summed E-state index contributed by atoms with van der Waals surface area (Å²) in [6.07, 6.45) is 0. The minimum absolute atomic E-state index is 0.314. The molecule has 0 bridgehead atoms. The Labute approximate surface area is 133 Å². The van der Waals surface area contributed by atoms with Gasteiger partial charge in [0.1, 0.15) is 5.82 Å². The van der Waals surface area contributed by atoms with Crippen LogP contribution in [0.5, 0.6) is 0 Å². The van der Waals surface area contributed by atoms with Crippen molar-refractivity contribution in [1.29, 1.82) is 0 Å². The number of rotatable bonds is 3. The molecular weight excluding hydrogens is 303 g/mol. The molecule has 0 atom stereocenters. The Balaban J connectivity index is 2.11. The number of benzene rings is 2. The third-order valence-electron chi connectivity index (χ3n) is 3.09. The van der Waals surface area contributed by atoms with Gasteiger partial charge in [-0.1, -0.05) is 6.07 Å². The fraction of sp³-hybridized carbons (Fsp3) is 0.125. The number of thiocarbonyl (C=S) groups is 1. The Bertz CT molecular complexity index is 702. The van der Waals surface area contributed by atoms with Crippen LogP contribution in [0.25, 0.3) is 0 Å². The molecule has 2 aromatic rings. The monoisotopic (exact) mass is 318 g/mol. The van der Waals surface area contributed by atoms with Gasteiger partial charge in [-0.3, -0.25) is 0 Å². The highest BCUT2D eigenvalue weighted by Crippen LogP contribution is 2.20. The molecule has 0 saturated heterocycles. The zero-order valence-electron chi connectivity index (χ0n) is 12.1. The molecule has 22 heavy (non-hydrogen) atoms. The van der Waals surface area contributed by atoms with Crippen LogP contribution in [-0.4, -0.2) is 18.2 Å². The van der Waals surface area contributed by atoms with Gasteiger partial charge in [-0.25, -0.2) is 9.18 Å². The van der Waals surface area contributed by atoms with E-state index >= 15 is 0 Å². The summed E-state index contributed by atoms with van der Waals surface area (Å²) < 4.78 is 17.6. The van der Waals surface area contributed by atoms with Crippen LogP contribution in [0.2, 0.25) is 0 Å². The van der Waals surface area contributed by atoms with E-state index in [0.717, 1.165) is 5.56 Å². The van der Waals surface area contributed by atoms with Crippen molar-refractivity contribution >= 4 is 34.7 Å². The summed E-state index contributed by atoms with van der Waals surface area (Å²) in [5.74, 6) is -0.718. The van der Waals surface area contributed by atoms with Crippen LogP contribution < -0.4 is 10.6 Å². The maximum Gasteiger partial charge on any atom is 0.338 e. The normalized spacial score (nSPS) is 9.95. The van der Waals surface area contributed by atoms with Crippen molar-refractivity contribution in [2.75, 3.05) is 17.7 Å². The molecule has 0 aliphatic carbocycles. The smallest absolute Gasteiger partial charge is 0.338 e. The van der Waals surface area contributed by atoms with Gasteiger partial charge in [0.25, 0.3) is 0 Å². The summed E-state index contributed by atoms with van der Waals surface area (Å²) in [5, 5.41) is 6.30. The quantitative estimate of drug-likeness (QED) is 0.667. The topological polar surface area (TPSA) is 50.4 Å². The lowest BCUT2D eigenvalue weighted by atomic mass is 10.1. The maximum absolute atomic E-state index is 12.9. The number of carbonyl (C=O) groups is 1. The number of anilines is 2. The molecule has 4 nitrogen and oxygen atoms in total. The summed E-state index contributed by atoms with van der Waals surface area (Å²) in [6.45, 7) is 1.80. The van der Waals surface area contributed by atoms with Gasteiger partial charge in [0, 0.05) is 11.4 Å². The minimum atomic E-state index is -0.404. The van der Waals surface area contributed by atoms with E-state index in [1.807, 2.05) is 0 Å². The number of carbonyl (C=O) groups excluding carboxylic acids is 1. The van der Waals surface area contributed by atoms with E-state index < -0.39 is 5.97 Å². The fourth-order valence-electron chi connectivity index (χ4n) is 1.92. The molecule has 2 aromatic carbocycles. The number of halogens is 1. The molecule has 0 aliphatic heterocycles. The van der Waals surface area contributed by atoms with E-state index in [9.17, 15) is 9.18 Å². The SMILES string of the molecule is COC(=O)c1cccc(NC(=S)Nc2ccc(F)cc2)c1C. The molecule has 2 rings (SSSR count). The number of ether oxygens (including phenoxy) is 1. The van der Waals surface area contributed by atoms with Gasteiger partial charge >= 0.3 is 5.97 Å². The van der Waals surface area contributed by atoms with Crippen LogP contribution >= 0.6 is 12.2 Å². The molecule has 114 valence electrons. The Morgan fingerprint density at radius 3 is 2.45 bits per heavy atom.